The van der Waals surface area contributed by atoms with Crippen LogP contribution in [0.3, 0.4) is 0 Å². The normalized spacial score (nSPS) is 12.4. The molecule has 0 aromatic heterocycles. The largest absolute Gasteiger partial charge is 0.409 e. The fourth-order valence-corrected chi connectivity index (χ4v) is 2.77. The third-order valence-electron chi connectivity index (χ3n) is 2.37. The molecule has 0 heterocycles. The molecule has 0 saturated heterocycles. The van der Waals surface area contributed by atoms with E-state index in [0.29, 0.717) is 17.7 Å². The predicted octanol–water partition coefficient (Wildman–Crippen LogP) is 1.24. The summed E-state index contributed by atoms with van der Waals surface area (Å²) in [5, 5.41) is 11.6. The molecule has 0 amide bonds. The fraction of sp³-hybridized carbons (Fsp3) is 0.364. The van der Waals surface area contributed by atoms with Crippen molar-refractivity contribution in [2.24, 2.45) is 10.9 Å². The van der Waals surface area contributed by atoms with Crippen molar-refractivity contribution in [3.05, 3.63) is 29.3 Å². The zero-order valence-corrected chi connectivity index (χ0v) is 11.2. The van der Waals surface area contributed by atoms with Crippen LogP contribution in [0.2, 0.25) is 0 Å². The van der Waals surface area contributed by atoms with Crippen LogP contribution in [-0.2, 0) is 10.0 Å². The van der Waals surface area contributed by atoms with Crippen LogP contribution >= 0.6 is 0 Å². The number of nitrogens with zero attached hydrogens (tertiary/aromatic N) is 1. The summed E-state index contributed by atoms with van der Waals surface area (Å²) in [5.41, 5.74) is 6.98. The van der Waals surface area contributed by atoms with Crippen LogP contribution in [0.25, 0.3) is 0 Å². The predicted molar refractivity (Wildman–Crippen MR) is 71.4 cm³/mol. The van der Waals surface area contributed by atoms with Gasteiger partial charge in [-0.05, 0) is 25.0 Å². The number of amidine groups is 1. The van der Waals surface area contributed by atoms with Crippen molar-refractivity contribution >= 4 is 21.5 Å². The van der Waals surface area contributed by atoms with Crippen molar-refractivity contribution < 1.29 is 13.6 Å². The van der Waals surface area contributed by atoms with Gasteiger partial charge in [-0.1, -0.05) is 24.2 Å². The van der Waals surface area contributed by atoms with E-state index in [-0.39, 0.29) is 11.6 Å². The van der Waals surface area contributed by atoms with Crippen molar-refractivity contribution in [2.75, 3.05) is 10.5 Å². The first-order valence-corrected chi connectivity index (χ1v) is 7.14. The Hall–Kier alpha value is -1.76. The highest BCUT2D eigenvalue weighted by atomic mass is 32.2. The van der Waals surface area contributed by atoms with Gasteiger partial charge in [-0.3, -0.25) is 4.72 Å². The average Bonchev–Trinajstić information content (AvgIpc) is 2.27. The van der Waals surface area contributed by atoms with Crippen molar-refractivity contribution in [1.29, 1.82) is 0 Å². The Morgan fingerprint density at radius 1 is 1.50 bits per heavy atom. The number of nitrogens with two attached hydrogens (primary N) is 1. The lowest BCUT2D eigenvalue weighted by Crippen LogP contribution is -2.22. The van der Waals surface area contributed by atoms with Crippen molar-refractivity contribution in [2.45, 2.75) is 20.3 Å². The van der Waals surface area contributed by atoms with E-state index in [0.717, 1.165) is 5.56 Å². The Morgan fingerprint density at radius 3 is 2.72 bits per heavy atom. The van der Waals surface area contributed by atoms with Crippen molar-refractivity contribution in [3.8, 4) is 0 Å². The third kappa shape index (κ3) is 3.36. The highest BCUT2D eigenvalue weighted by Gasteiger charge is 2.15. The van der Waals surface area contributed by atoms with E-state index in [1.54, 1.807) is 32.0 Å². The van der Waals surface area contributed by atoms with Gasteiger partial charge in [0.05, 0.1) is 11.4 Å². The summed E-state index contributed by atoms with van der Waals surface area (Å²) >= 11 is 0. The Kier molecular flexibility index (Phi) is 4.55. The number of oxime groups is 1. The first kappa shape index (κ1) is 14.3. The molecule has 0 bridgehead atoms. The van der Waals surface area contributed by atoms with Gasteiger partial charge >= 0.3 is 0 Å². The van der Waals surface area contributed by atoms with Crippen LogP contribution in [0.5, 0.6) is 0 Å². The molecule has 1 aromatic carbocycles. The third-order valence-corrected chi connectivity index (χ3v) is 3.85. The van der Waals surface area contributed by atoms with Gasteiger partial charge in [0.1, 0.15) is 0 Å². The lowest BCUT2D eigenvalue weighted by atomic mass is 10.1. The van der Waals surface area contributed by atoms with Crippen LogP contribution in [0.1, 0.15) is 24.5 Å². The van der Waals surface area contributed by atoms with Crippen LogP contribution in [0, 0.1) is 6.92 Å². The second-order valence-corrected chi connectivity index (χ2v) is 5.75. The van der Waals surface area contributed by atoms with Gasteiger partial charge in [0, 0.05) is 5.56 Å². The summed E-state index contributed by atoms with van der Waals surface area (Å²) in [6.07, 6.45) is 0.514. The highest BCUT2D eigenvalue weighted by molar-refractivity contribution is 7.92. The minimum absolute atomic E-state index is 0.0244. The molecule has 0 atom stereocenters. The molecular weight excluding hydrogens is 254 g/mol. The number of hydrogen-bond acceptors (Lipinski definition) is 4. The Labute approximate surface area is 107 Å². The van der Waals surface area contributed by atoms with Gasteiger partial charge < -0.3 is 10.9 Å². The van der Waals surface area contributed by atoms with E-state index in [4.69, 9.17) is 10.9 Å². The highest BCUT2D eigenvalue weighted by Crippen LogP contribution is 2.20. The fourth-order valence-electron chi connectivity index (χ4n) is 1.63. The molecule has 1 aromatic rings. The van der Waals surface area contributed by atoms with Crippen LogP contribution in [-0.4, -0.2) is 25.2 Å². The minimum atomic E-state index is -3.41. The molecule has 6 nitrogen and oxygen atoms in total. The zero-order chi connectivity index (χ0) is 13.8. The van der Waals surface area contributed by atoms with Crippen LogP contribution in [0.15, 0.2) is 23.4 Å². The smallest absolute Gasteiger partial charge is 0.232 e. The second kappa shape index (κ2) is 5.72. The molecule has 0 aliphatic carbocycles. The quantitative estimate of drug-likeness (QED) is 0.324. The molecule has 0 fully saturated rings. The van der Waals surface area contributed by atoms with Gasteiger partial charge in [-0.25, -0.2) is 8.42 Å². The molecule has 1 rings (SSSR count). The minimum Gasteiger partial charge on any atom is -0.409 e. The summed E-state index contributed by atoms with van der Waals surface area (Å²) in [6.45, 7) is 3.53. The molecule has 0 aliphatic rings. The molecule has 18 heavy (non-hydrogen) atoms. The van der Waals surface area contributed by atoms with E-state index >= 15 is 0 Å². The SMILES string of the molecule is CCCS(=O)(=O)Nc1cccc(C)c1/C(N)=N/O. The van der Waals surface area contributed by atoms with E-state index in [2.05, 4.69) is 9.88 Å². The van der Waals surface area contributed by atoms with Gasteiger partial charge in [0.2, 0.25) is 10.0 Å². The first-order valence-electron chi connectivity index (χ1n) is 5.49. The number of benzene rings is 1. The summed E-state index contributed by atoms with van der Waals surface area (Å²) in [6, 6.07) is 5.03. The number of nitrogens with one attached hydrogen (secondary N) is 1. The van der Waals surface area contributed by atoms with Gasteiger partial charge in [-0.2, -0.15) is 0 Å². The first-order chi connectivity index (χ1) is 8.41. The molecule has 7 heteroatoms. The van der Waals surface area contributed by atoms with E-state index in [9.17, 15) is 8.42 Å². The lowest BCUT2D eigenvalue weighted by molar-refractivity contribution is 0.318. The lowest BCUT2D eigenvalue weighted by Gasteiger charge is -2.13. The molecule has 0 saturated carbocycles. The van der Waals surface area contributed by atoms with Crippen LogP contribution < -0.4 is 10.5 Å². The standard InChI is InChI=1S/C11H17N3O3S/c1-3-7-18(16,17)14-9-6-4-5-8(2)10(9)11(12)13-15/h4-6,14-15H,3,7H2,1-2H3,(H2,12,13). The topological polar surface area (TPSA) is 105 Å². The van der Waals surface area contributed by atoms with E-state index in [1.165, 1.54) is 0 Å². The van der Waals surface area contributed by atoms with E-state index in [1.807, 2.05) is 0 Å². The summed E-state index contributed by atoms with van der Waals surface area (Å²) in [7, 11) is -3.41. The van der Waals surface area contributed by atoms with Crippen LogP contribution in [0.4, 0.5) is 5.69 Å². The molecule has 0 radical (unpaired) electrons. The summed E-state index contributed by atoms with van der Waals surface area (Å²) in [4.78, 5) is 0. The van der Waals surface area contributed by atoms with E-state index < -0.39 is 10.0 Å². The summed E-state index contributed by atoms with van der Waals surface area (Å²) in [5.74, 6) is -0.0985. The van der Waals surface area contributed by atoms with Crippen molar-refractivity contribution in [1.82, 2.24) is 0 Å². The molecule has 100 valence electrons. The van der Waals surface area contributed by atoms with Crippen molar-refractivity contribution in [3.63, 3.8) is 0 Å². The molecule has 4 N–H and O–H groups in total. The molecule has 0 spiro atoms. The number of hydrogen-bond donors (Lipinski definition) is 3. The maximum Gasteiger partial charge on any atom is 0.232 e. The number of rotatable bonds is 5. The molecule has 0 aliphatic heterocycles. The Bertz CT molecular complexity index is 553. The number of aryl methyl sites for hydroxylation is 1. The maximum absolute atomic E-state index is 11.7. The number of sulfonamides is 1. The number of anilines is 1. The Balaban J connectivity index is 3.22. The Morgan fingerprint density at radius 2 is 2.17 bits per heavy atom. The maximum atomic E-state index is 11.7. The molecular formula is C11H17N3O3S. The summed E-state index contributed by atoms with van der Waals surface area (Å²) < 4.78 is 25.9. The van der Waals surface area contributed by atoms with Gasteiger partial charge in [0.15, 0.2) is 5.84 Å². The second-order valence-electron chi connectivity index (χ2n) is 3.90. The van der Waals surface area contributed by atoms with Gasteiger partial charge in [-0.15, -0.1) is 0 Å². The monoisotopic (exact) mass is 271 g/mol. The van der Waals surface area contributed by atoms with Gasteiger partial charge in [0.25, 0.3) is 0 Å². The average molecular weight is 271 g/mol. The molecule has 0 unspecified atom stereocenters. The zero-order valence-electron chi connectivity index (χ0n) is 10.3.